The number of H-pyrrole nitrogens is 1. The summed E-state index contributed by atoms with van der Waals surface area (Å²) in [5.41, 5.74) is 1.59. The van der Waals surface area contributed by atoms with Crippen molar-refractivity contribution in [2.24, 2.45) is 0 Å². The fourth-order valence-electron chi connectivity index (χ4n) is 3.62. The van der Waals surface area contributed by atoms with E-state index in [-0.39, 0.29) is 24.2 Å². The lowest BCUT2D eigenvalue weighted by Crippen LogP contribution is -2.28. The number of nitrogens with one attached hydrogen (secondary N) is 1. The molecule has 0 saturated carbocycles. The summed E-state index contributed by atoms with van der Waals surface area (Å²) in [6, 6.07) is 10.2. The standard InChI is InChI=1S/C22H21F3N4O2/c23-22(24,25)17-2-1-3-19(12-17)31-11-7-18-13-20(28-27-18)16-6-10-29(14-16)21(30)15-4-8-26-9-5-15/h1-5,8-9,12-13,16H,6-7,10-11,14H2,(H,27,28)/t16-/m1/s1. The molecule has 1 aromatic carbocycles. The van der Waals surface area contributed by atoms with Crippen LogP contribution in [0.15, 0.2) is 54.9 Å². The molecule has 1 amide bonds. The Labute approximate surface area is 177 Å². The zero-order valence-electron chi connectivity index (χ0n) is 16.6. The first kappa shape index (κ1) is 20.9. The van der Waals surface area contributed by atoms with Gasteiger partial charge >= 0.3 is 6.18 Å². The molecule has 9 heteroatoms. The van der Waals surface area contributed by atoms with E-state index in [2.05, 4.69) is 15.2 Å². The predicted molar refractivity (Wildman–Crippen MR) is 107 cm³/mol. The third-order valence-electron chi connectivity index (χ3n) is 5.27. The molecule has 6 nitrogen and oxygen atoms in total. The SMILES string of the molecule is O=C(c1ccncc1)N1CC[C@@H](c2cc(CCOc3cccc(C(F)(F)F)c3)[nH]n2)C1. The number of carbonyl (C=O) groups is 1. The van der Waals surface area contributed by atoms with Crippen LogP contribution in [0.2, 0.25) is 0 Å². The van der Waals surface area contributed by atoms with Crippen molar-refractivity contribution < 1.29 is 22.7 Å². The maximum Gasteiger partial charge on any atom is 0.416 e. The van der Waals surface area contributed by atoms with Crippen LogP contribution >= 0.6 is 0 Å². The minimum Gasteiger partial charge on any atom is -0.493 e. The molecule has 1 saturated heterocycles. The van der Waals surface area contributed by atoms with Crippen molar-refractivity contribution in [3.05, 3.63) is 77.4 Å². The normalized spacial score (nSPS) is 16.5. The molecule has 0 aliphatic carbocycles. The first-order valence-electron chi connectivity index (χ1n) is 9.94. The molecule has 0 unspecified atom stereocenters. The Bertz CT molecular complexity index is 1040. The van der Waals surface area contributed by atoms with Crippen molar-refractivity contribution in [1.82, 2.24) is 20.1 Å². The highest BCUT2D eigenvalue weighted by Crippen LogP contribution is 2.31. The van der Waals surface area contributed by atoms with Gasteiger partial charge in [-0.15, -0.1) is 0 Å². The van der Waals surface area contributed by atoms with Gasteiger partial charge < -0.3 is 9.64 Å². The summed E-state index contributed by atoms with van der Waals surface area (Å²) in [4.78, 5) is 18.3. The summed E-state index contributed by atoms with van der Waals surface area (Å²) in [5.74, 6) is 0.297. The molecular formula is C22H21F3N4O2. The van der Waals surface area contributed by atoms with E-state index < -0.39 is 11.7 Å². The zero-order valence-corrected chi connectivity index (χ0v) is 16.6. The Balaban J connectivity index is 1.30. The molecule has 1 fully saturated rings. The van der Waals surface area contributed by atoms with Crippen LogP contribution in [0.5, 0.6) is 5.75 Å². The van der Waals surface area contributed by atoms with Gasteiger partial charge in [0.05, 0.1) is 17.9 Å². The van der Waals surface area contributed by atoms with Gasteiger partial charge in [0.1, 0.15) is 5.75 Å². The van der Waals surface area contributed by atoms with Crippen LogP contribution < -0.4 is 4.74 Å². The van der Waals surface area contributed by atoms with Gasteiger partial charge in [-0.25, -0.2) is 0 Å². The first-order chi connectivity index (χ1) is 14.9. The lowest BCUT2D eigenvalue weighted by molar-refractivity contribution is -0.137. The third-order valence-corrected chi connectivity index (χ3v) is 5.27. The van der Waals surface area contributed by atoms with Gasteiger partial charge in [0.15, 0.2) is 0 Å². The number of amides is 1. The molecule has 2 aromatic heterocycles. The van der Waals surface area contributed by atoms with E-state index in [4.69, 9.17) is 4.74 Å². The van der Waals surface area contributed by atoms with E-state index in [1.165, 1.54) is 12.1 Å². The van der Waals surface area contributed by atoms with Crippen molar-refractivity contribution in [3.8, 4) is 5.75 Å². The van der Waals surface area contributed by atoms with Gasteiger partial charge in [0.2, 0.25) is 0 Å². The number of benzene rings is 1. The second-order valence-electron chi connectivity index (χ2n) is 7.41. The Morgan fingerprint density at radius 3 is 2.77 bits per heavy atom. The molecule has 162 valence electrons. The molecule has 1 aliphatic rings. The smallest absolute Gasteiger partial charge is 0.416 e. The lowest BCUT2D eigenvalue weighted by Gasteiger charge is -2.15. The maximum absolute atomic E-state index is 12.8. The molecule has 3 heterocycles. The Morgan fingerprint density at radius 2 is 2.00 bits per heavy atom. The minimum atomic E-state index is -4.40. The number of halogens is 3. The number of nitrogens with zero attached hydrogens (tertiary/aromatic N) is 3. The average molecular weight is 430 g/mol. The third kappa shape index (κ3) is 5.04. The molecule has 0 spiro atoms. The fourth-order valence-corrected chi connectivity index (χ4v) is 3.62. The molecule has 0 bridgehead atoms. The van der Waals surface area contributed by atoms with Gasteiger partial charge in [0, 0.05) is 49.1 Å². The quantitative estimate of drug-likeness (QED) is 0.640. The molecule has 1 atom stereocenters. The number of rotatable bonds is 6. The van der Waals surface area contributed by atoms with Crippen LogP contribution in [0, 0.1) is 0 Å². The van der Waals surface area contributed by atoms with Crippen LogP contribution in [0.3, 0.4) is 0 Å². The number of pyridine rings is 1. The largest absolute Gasteiger partial charge is 0.493 e. The maximum atomic E-state index is 12.8. The number of alkyl halides is 3. The monoisotopic (exact) mass is 430 g/mol. The van der Waals surface area contributed by atoms with E-state index in [0.29, 0.717) is 25.1 Å². The van der Waals surface area contributed by atoms with Crippen LogP contribution in [-0.2, 0) is 12.6 Å². The van der Waals surface area contributed by atoms with Crippen molar-refractivity contribution in [3.63, 3.8) is 0 Å². The molecule has 1 aliphatic heterocycles. The molecule has 0 radical (unpaired) electrons. The highest BCUT2D eigenvalue weighted by atomic mass is 19.4. The van der Waals surface area contributed by atoms with Crippen molar-refractivity contribution in [2.75, 3.05) is 19.7 Å². The van der Waals surface area contributed by atoms with Crippen molar-refractivity contribution >= 4 is 5.91 Å². The highest BCUT2D eigenvalue weighted by Gasteiger charge is 2.31. The summed E-state index contributed by atoms with van der Waals surface area (Å²) >= 11 is 0. The molecule has 4 rings (SSSR count). The minimum absolute atomic E-state index is 0.0184. The van der Waals surface area contributed by atoms with Gasteiger partial charge in [-0.05, 0) is 42.8 Å². The average Bonchev–Trinajstić information content (AvgIpc) is 3.43. The van der Waals surface area contributed by atoms with Gasteiger partial charge in [-0.2, -0.15) is 18.3 Å². The lowest BCUT2D eigenvalue weighted by atomic mass is 10.0. The van der Waals surface area contributed by atoms with E-state index in [9.17, 15) is 18.0 Å². The fraction of sp³-hybridized carbons (Fsp3) is 0.318. The number of aromatic nitrogens is 3. The Morgan fingerprint density at radius 1 is 1.19 bits per heavy atom. The number of aromatic amines is 1. The molecule has 3 aromatic rings. The molecular weight excluding hydrogens is 409 g/mol. The topological polar surface area (TPSA) is 71.1 Å². The van der Waals surface area contributed by atoms with E-state index in [1.54, 1.807) is 24.5 Å². The number of ether oxygens (including phenoxy) is 1. The van der Waals surface area contributed by atoms with Crippen LogP contribution in [0.1, 0.15) is 39.6 Å². The van der Waals surface area contributed by atoms with Crippen molar-refractivity contribution in [2.45, 2.75) is 24.9 Å². The Hall–Kier alpha value is -3.36. The summed E-state index contributed by atoms with van der Waals surface area (Å²) in [6.45, 7) is 1.47. The summed E-state index contributed by atoms with van der Waals surface area (Å²) in [5, 5.41) is 7.32. The highest BCUT2D eigenvalue weighted by molar-refractivity contribution is 5.94. The first-order valence-corrected chi connectivity index (χ1v) is 9.94. The number of hydrogen-bond acceptors (Lipinski definition) is 4. The summed E-state index contributed by atoms with van der Waals surface area (Å²) in [7, 11) is 0. The van der Waals surface area contributed by atoms with E-state index in [0.717, 1.165) is 29.9 Å². The van der Waals surface area contributed by atoms with Crippen LogP contribution in [0.25, 0.3) is 0 Å². The summed E-state index contributed by atoms with van der Waals surface area (Å²) in [6.07, 6.45) is 0.105. The predicted octanol–water partition coefficient (Wildman–Crippen LogP) is 4.07. The van der Waals surface area contributed by atoms with Crippen LogP contribution in [0.4, 0.5) is 13.2 Å². The molecule has 31 heavy (non-hydrogen) atoms. The zero-order chi connectivity index (χ0) is 21.8. The molecule has 1 N–H and O–H groups in total. The van der Waals surface area contributed by atoms with E-state index in [1.807, 2.05) is 11.0 Å². The van der Waals surface area contributed by atoms with E-state index >= 15 is 0 Å². The van der Waals surface area contributed by atoms with Gasteiger partial charge in [0.25, 0.3) is 5.91 Å². The van der Waals surface area contributed by atoms with Gasteiger partial charge in [-0.1, -0.05) is 6.07 Å². The second-order valence-corrected chi connectivity index (χ2v) is 7.41. The van der Waals surface area contributed by atoms with Crippen molar-refractivity contribution in [1.29, 1.82) is 0 Å². The summed E-state index contributed by atoms with van der Waals surface area (Å²) < 4.78 is 43.8. The Kier molecular flexibility index (Phi) is 5.92. The second kappa shape index (κ2) is 8.79. The number of likely N-dealkylation sites (tertiary alicyclic amines) is 1. The number of hydrogen-bond donors (Lipinski definition) is 1. The number of carbonyl (C=O) groups excluding carboxylic acids is 1. The van der Waals surface area contributed by atoms with Gasteiger partial charge in [-0.3, -0.25) is 14.9 Å². The van der Waals surface area contributed by atoms with Crippen LogP contribution in [-0.4, -0.2) is 45.7 Å².